The van der Waals surface area contributed by atoms with Crippen LogP contribution in [0.3, 0.4) is 0 Å². The molecule has 3 aromatic heterocycles. The maximum atomic E-state index is 6.46. The summed E-state index contributed by atoms with van der Waals surface area (Å²) in [5.41, 5.74) is 8.71. The average molecular weight is 543 g/mol. The largest absolute Gasteiger partial charge is 0.456 e. The van der Waals surface area contributed by atoms with Crippen molar-refractivity contribution in [3.63, 3.8) is 0 Å². The molecule has 0 unspecified atom stereocenters. The molecule has 198 valence electrons. The topological polar surface area (TPSA) is 55.6 Å². The molecule has 0 saturated carbocycles. The number of hydrogen-bond donors (Lipinski definition) is 0. The SMILES string of the molecule is c1ccc(-c2nc3cc4oc5ccc(N(c6ccccc6)c6cccc7c6oc6ccccc67)cc5c4cc3o2)cc1. The van der Waals surface area contributed by atoms with Gasteiger partial charge in [0.1, 0.15) is 22.3 Å². The van der Waals surface area contributed by atoms with Gasteiger partial charge in [0.2, 0.25) is 5.89 Å². The third kappa shape index (κ3) is 3.47. The van der Waals surface area contributed by atoms with Gasteiger partial charge in [-0.1, -0.05) is 66.7 Å². The lowest BCUT2D eigenvalue weighted by Crippen LogP contribution is -2.10. The normalized spacial score (nSPS) is 11.8. The van der Waals surface area contributed by atoms with Crippen LogP contribution in [0, 0.1) is 0 Å². The number of oxazole rings is 1. The molecule has 5 heteroatoms. The van der Waals surface area contributed by atoms with E-state index in [9.17, 15) is 0 Å². The number of furan rings is 2. The predicted molar refractivity (Wildman–Crippen MR) is 169 cm³/mol. The van der Waals surface area contributed by atoms with Gasteiger partial charge in [-0.2, -0.15) is 0 Å². The summed E-state index contributed by atoms with van der Waals surface area (Å²) in [7, 11) is 0. The fourth-order valence-corrected chi connectivity index (χ4v) is 5.94. The van der Waals surface area contributed by atoms with Crippen LogP contribution in [0.4, 0.5) is 17.1 Å². The summed E-state index contributed by atoms with van der Waals surface area (Å²) in [5.74, 6) is 0.595. The van der Waals surface area contributed by atoms with Crippen LogP contribution in [0.2, 0.25) is 0 Å². The third-order valence-electron chi connectivity index (χ3n) is 7.88. The van der Waals surface area contributed by atoms with Crippen molar-refractivity contribution in [1.29, 1.82) is 0 Å². The molecular formula is C37H22N2O3. The molecule has 42 heavy (non-hydrogen) atoms. The van der Waals surface area contributed by atoms with Crippen LogP contribution in [-0.2, 0) is 0 Å². The maximum Gasteiger partial charge on any atom is 0.227 e. The zero-order valence-electron chi connectivity index (χ0n) is 22.3. The molecule has 9 aromatic rings. The van der Waals surface area contributed by atoms with Gasteiger partial charge in [-0.25, -0.2) is 4.98 Å². The zero-order chi connectivity index (χ0) is 27.6. The van der Waals surface area contributed by atoms with Crippen LogP contribution in [0.5, 0.6) is 0 Å². The molecule has 0 aliphatic heterocycles. The Hall–Kier alpha value is -5.81. The molecule has 0 fully saturated rings. The minimum absolute atomic E-state index is 0.595. The van der Waals surface area contributed by atoms with Crippen LogP contribution < -0.4 is 4.90 Å². The third-order valence-corrected chi connectivity index (χ3v) is 7.88. The van der Waals surface area contributed by atoms with E-state index in [0.29, 0.717) is 5.89 Å². The van der Waals surface area contributed by atoms with Gasteiger partial charge in [0.15, 0.2) is 11.2 Å². The van der Waals surface area contributed by atoms with E-state index in [2.05, 4.69) is 65.6 Å². The van der Waals surface area contributed by atoms with Crippen LogP contribution in [-0.4, -0.2) is 4.98 Å². The molecule has 0 aliphatic rings. The Bertz CT molecular complexity index is 2420. The highest BCUT2D eigenvalue weighted by molar-refractivity contribution is 6.12. The average Bonchev–Trinajstić information content (AvgIpc) is 3.74. The van der Waals surface area contributed by atoms with Gasteiger partial charge in [-0.15, -0.1) is 0 Å². The van der Waals surface area contributed by atoms with Crippen molar-refractivity contribution in [2.24, 2.45) is 0 Å². The Kier molecular flexibility index (Phi) is 4.83. The number of nitrogens with zero attached hydrogens (tertiary/aromatic N) is 2. The smallest absolute Gasteiger partial charge is 0.227 e. The molecule has 0 saturated heterocycles. The summed E-state index contributed by atoms with van der Waals surface area (Å²) in [4.78, 5) is 6.97. The molecule has 0 spiro atoms. The molecule has 0 bridgehead atoms. The second kappa shape index (κ2) is 8.85. The number of anilines is 3. The standard InChI is InChI=1S/C37H22N2O3/c1-3-10-23(11-4-1)37-38-30-22-34-29(21-35(30)42-37)28-20-25(18-19-33(28)40-34)39(24-12-5-2-6-13-24)31-16-9-15-27-26-14-7-8-17-32(26)41-36(27)31/h1-22H. The van der Waals surface area contributed by atoms with E-state index in [1.165, 1.54) is 0 Å². The molecule has 0 amide bonds. The molecule has 0 aliphatic carbocycles. The van der Waals surface area contributed by atoms with Crippen molar-refractivity contribution in [3.05, 3.63) is 133 Å². The van der Waals surface area contributed by atoms with Crippen molar-refractivity contribution < 1.29 is 13.3 Å². The van der Waals surface area contributed by atoms with E-state index in [1.807, 2.05) is 72.8 Å². The van der Waals surface area contributed by atoms with E-state index in [4.69, 9.17) is 18.2 Å². The highest BCUT2D eigenvalue weighted by Crippen LogP contribution is 2.43. The predicted octanol–water partition coefficient (Wildman–Crippen LogP) is 10.8. The van der Waals surface area contributed by atoms with Gasteiger partial charge in [0.05, 0.1) is 5.69 Å². The van der Waals surface area contributed by atoms with Crippen LogP contribution in [0.25, 0.3) is 66.4 Å². The molecule has 5 nitrogen and oxygen atoms in total. The molecule has 3 heterocycles. The Labute approximate surface area is 239 Å². The summed E-state index contributed by atoms with van der Waals surface area (Å²) in [6.45, 7) is 0. The Balaban J connectivity index is 1.26. The van der Waals surface area contributed by atoms with Crippen molar-refractivity contribution in [1.82, 2.24) is 4.98 Å². The quantitative estimate of drug-likeness (QED) is 0.221. The van der Waals surface area contributed by atoms with E-state index in [1.54, 1.807) is 0 Å². The van der Waals surface area contributed by atoms with Crippen molar-refractivity contribution in [3.8, 4) is 11.5 Å². The first kappa shape index (κ1) is 22.9. The van der Waals surface area contributed by atoms with E-state index in [-0.39, 0.29) is 0 Å². The zero-order valence-corrected chi connectivity index (χ0v) is 22.3. The van der Waals surface area contributed by atoms with Crippen LogP contribution >= 0.6 is 0 Å². The molecule has 0 atom stereocenters. The summed E-state index contributed by atoms with van der Waals surface area (Å²) in [6.07, 6.45) is 0. The Morgan fingerprint density at radius 2 is 1.19 bits per heavy atom. The lowest BCUT2D eigenvalue weighted by Gasteiger charge is -2.25. The Morgan fingerprint density at radius 3 is 2.07 bits per heavy atom. The Morgan fingerprint density at radius 1 is 0.452 bits per heavy atom. The monoisotopic (exact) mass is 542 g/mol. The van der Waals surface area contributed by atoms with Crippen molar-refractivity contribution in [2.45, 2.75) is 0 Å². The van der Waals surface area contributed by atoms with E-state index < -0.39 is 0 Å². The highest BCUT2D eigenvalue weighted by Gasteiger charge is 2.21. The van der Waals surface area contributed by atoms with Gasteiger partial charge >= 0.3 is 0 Å². The number of rotatable bonds is 4. The summed E-state index contributed by atoms with van der Waals surface area (Å²) < 4.78 is 19.0. The second-order valence-corrected chi connectivity index (χ2v) is 10.4. The number of para-hydroxylation sites is 3. The fourth-order valence-electron chi connectivity index (χ4n) is 5.94. The summed E-state index contributed by atoms with van der Waals surface area (Å²) in [5, 5.41) is 4.16. The number of fused-ring (bicyclic) bond motifs is 7. The van der Waals surface area contributed by atoms with E-state index in [0.717, 1.165) is 77.6 Å². The summed E-state index contributed by atoms with van der Waals surface area (Å²) in [6, 6.07) is 45.1. The highest BCUT2D eigenvalue weighted by atomic mass is 16.4. The number of hydrogen-bond acceptors (Lipinski definition) is 5. The first-order valence-electron chi connectivity index (χ1n) is 13.9. The number of benzene rings is 6. The second-order valence-electron chi connectivity index (χ2n) is 10.4. The van der Waals surface area contributed by atoms with Crippen molar-refractivity contribution in [2.75, 3.05) is 4.90 Å². The first-order chi connectivity index (χ1) is 20.8. The minimum atomic E-state index is 0.595. The van der Waals surface area contributed by atoms with Crippen molar-refractivity contribution >= 4 is 72.0 Å². The molecule has 9 rings (SSSR count). The molecular weight excluding hydrogens is 520 g/mol. The van der Waals surface area contributed by atoms with Gasteiger partial charge in [-0.05, 0) is 60.7 Å². The minimum Gasteiger partial charge on any atom is -0.456 e. The molecule has 6 aromatic carbocycles. The first-order valence-corrected chi connectivity index (χ1v) is 13.9. The van der Waals surface area contributed by atoms with E-state index >= 15 is 0 Å². The molecule has 0 radical (unpaired) electrons. The van der Waals surface area contributed by atoms with Gasteiger partial charge in [0.25, 0.3) is 0 Å². The fraction of sp³-hybridized carbons (Fsp3) is 0. The summed E-state index contributed by atoms with van der Waals surface area (Å²) >= 11 is 0. The van der Waals surface area contributed by atoms with Gasteiger partial charge < -0.3 is 18.2 Å². The van der Waals surface area contributed by atoms with Crippen LogP contribution in [0.15, 0.2) is 147 Å². The van der Waals surface area contributed by atoms with Crippen LogP contribution in [0.1, 0.15) is 0 Å². The van der Waals surface area contributed by atoms with Gasteiger partial charge in [-0.3, -0.25) is 0 Å². The molecule has 0 N–H and O–H groups in total. The lowest BCUT2D eigenvalue weighted by atomic mass is 10.1. The lowest BCUT2D eigenvalue weighted by molar-refractivity contribution is 0.620. The number of aromatic nitrogens is 1. The van der Waals surface area contributed by atoms with Gasteiger partial charge in [0, 0.05) is 44.5 Å². The maximum absolute atomic E-state index is 6.46.